The van der Waals surface area contributed by atoms with Gasteiger partial charge in [-0.05, 0) is 25.2 Å². The van der Waals surface area contributed by atoms with E-state index in [1.54, 1.807) is 6.21 Å². The minimum Gasteiger partial charge on any atom is -0.294 e. The second-order valence-corrected chi connectivity index (χ2v) is 4.25. The summed E-state index contributed by atoms with van der Waals surface area (Å²) in [5.74, 6) is 5.12. The first-order chi connectivity index (χ1) is 8.06. The largest absolute Gasteiger partial charge is 0.294 e. The molecule has 0 bridgehead atoms. The number of unbranched alkanes of at least 4 members (excludes halogenated alkanes) is 1. The SMILES string of the molecule is CC(C)C/C=N/NC(=O)CCCCC(=O)NN. The summed E-state index contributed by atoms with van der Waals surface area (Å²) in [6.45, 7) is 4.16. The highest BCUT2D eigenvalue weighted by atomic mass is 16.2. The third-order valence-corrected chi connectivity index (χ3v) is 2.08. The second kappa shape index (κ2) is 9.77. The van der Waals surface area contributed by atoms with Crippen LogP contribution in [0.15, 0.2) is 5.10 Å². The highest BCUT2D eigenvalue weighted by molar-refractivity contribution is 5.77. The van der Waals surface area contributed by atoms with Crippen molar-refractivity contribution in [2.45, 2.75) is 46.0 Å². The van der Waals surface area contributed by atoms with E-state index in [-0.39, 0.29) is 11.8 Å². The summed E-state index contributed by atoms with van der Waals surface area (Å²) in [5, 5.41) is 3.82. The van der Waals surface area contributed by atoms with E-state index < -0.39 is 0 Å². The molecule has 0 saturated heterocycles. The van der Waals surface area contributed by atoms with Crippen LogP contribution in [0.5, 0.6) is 0 Å². The molecule has 0 saturated carbocycles. The van der Waals surface area contributed by atoms with Gasteiger partial charge in [0.1, 0.15) is 0 Å². The van der Waals surface area contributed by atoms with Crippen LogP contribution >= 0.6 is 0 Å². The van der Waals surface area contributed by atoms with E-state index in [4.69, 9.17) is 5.84 Å². The lowest BCUT2D eigenvalue weighted by Gasteiger charge is -2.01. The Hall–Kier alpha value is -1.43. The molecule has 0 rings (SSSR count). The Labute approximate surface area is 102 Å². The van der Waals surface area contributed by atoms with Crippen molar-refractivity contribution >= 4 is 18.0 Å². The number of amides is 2. The van der Waals surface area contributed by atoms with Gasteiger partial charge in [0.2, 0.25) is 11.8 Å². The summed E-state index contributed by atoms with van der Waals surface area (Å²) in [4.78, 5) is 22.0. The number of carbonyl (C=O) groups is 2. The van der Waals surface area contributed by atoms with E-state index in [1.807, 2.05) is 5.43 Å². The van der Waals surface area contributed by atoms with Crippen molar-refractivity contribution in [1.29, 1.82) is 0 Å². The summed E-state index contributed by atoms with van der Waals surface area (Å²) in [6.07, 6.45) is 4.56. The molecule has 4 N–H and O–H groups in total. The number of nitrogens with one attached hydrogen (secondary N) is 2. The average molecular weight is 242 g/mol. The Balaban J connectivity index is 3.47. The molecule has 0 aromatic rings. The molecule has 0 radical (unpaired) electrons. The summed E-state index contributed by atoms with van der Waals surface area (Å²) in [6, 6.07) is 0. The van der Waals surface area contributed by atoms with Crippen molar-refractivity contribution in [2.75, 3.05) is 0 Å². The number of nitrogens with zero attached hydrogens (tertiary/aromatic N) is 1. The second-order valence-electron chi connectivity index (χ2n) is 4.25. The summed E-state index contributed by atoms with van der Waals surface area (Å²) < 4.78 is 0. The summed E-state index contributed by atoms with van der Waals surface area (Å²) >= 11 is 0. The Morgan fingerprint density at radius 3 is 2.35 bits per heavy atom. The minimum absolute atomic E-state index is 0.127. The van der Waals surface area contributed by atoms with Gasteiger partial charge in [0.05, 0.1) is 0 Å². The number of hydrazine groups is 1. The van der Waals surface area contributed by atoms with Crippen LogP contribution in [0, 0.1) is 5.92 Å². The van der Waals surface area contributed by atoms with Gasteiger partial charge in [0.25, 0.3) is 0 Å². The third-order valence-electron chi connectivity index (χ3n) is 2.08. The quantitative estimate of drug-likeness (QED) is 0.192. The highest BCUT2D eigenvalue weighted by Gasteiger charge is 2.01. The maximum Gasteiger partial charge on any atom is 0.240 e. The number of hydrazone groups is 1. The maximum atomic E-state index is 11.3. The molecule has 0 aromatic carbocycles. The van der Waals surface area contributed by atoms with Gasteiger partial charge >= 0.3 is 0 Å². The predicted molar refractivity (Wildman–Crippen MR) is 66.9 cm³/mol. The maximum absolute atomic E-state index is 11.3. The number of hydrogen-bond acceptors (Lipinski definition) is 4. The summed E-state index contributed by atoms with van der Waals surface area (Å²) in [7, 11) is 0. The molecule has 0 atom stereocenters. The van der Waals surface area contributed by atoms with Gasteiger partial charge in [-0.2, -0.15) is 5.10 Å². The van der Waals surface area contributed by atoms with Gasteiger partial charge in [-0.15, -0.1) is 0 Å². The van der Waals surface area contributed by atoms with Crippen LogP contribution in [0.1, 0.15) is 46.0 Å². The lowest BCUT2D eigenvalue weighted by atomic mass is 10.2. The van der Waals surface area contributed by atoms with Gasteiger partial charge in [-0.1, -0.05) is 13.8 Å². The molecular formula is C11H22N4O2. The Morgan fingerprint density at radius 1 is 1.24 bits per heavy atom. The lowest BCUT2D eigenvalue weighted by molar-refractivity contribution is -0.123. The van der Waals surface area contributed by atoms with Crippen molar-refractivity contribution in [1.82, 2.24) is 10.9 Å². The van der Waals surface area contributed by atoms with E-state index in [0.29, 0.717) is 31.6 Å². The van der Waals surface area contributed by atoms with Gasteiger partial charge in [-0.3, -0.25) is 15.0 Å². The molecule has 0 aliphatic heterocycles. The van der Waals surface area contributed by atoms with Gasteiger partial charge < -0.3 is 0 Å². The smallest absolute Gasteiger partial charge is 0.240 e. The van der Waals surface area contributed by atoms with Crippen molar-refractivity contribution in [3.05, 3.63) is 0 Å². The van der Waals surface area contributed by atoms with E-state index >= 15 is 0 Å². The Morgan fingerprint density at radius 2 is 1.82 bits per heavy atom. The van der Waals surface area contributed by atoms with Gasteiger partial charge in [0, 0.05) is 19.1 Å². The Kier molecular flexibility index (Phi) is 8.95. The van der Waals surface area contributed by atoms with Crippen molar-refractivity contribution in [2.24, 2.45) is 16.9 Å². The summed E-state index contributed by atoms with van der Waals surface area (Å²) in [5.41, 5.74) is 4.49. The fourth-order valence-electron chi connectivity index (χ4n) is 1.08. The first-order valence-electron chi connectivity index (χ1n) is 5.86. The van der Waals surface area contributed by atoms with Crippen LogP contribution in [-0.4, -0.2) is 18.0 Å². The molecule has 17 heavy (non-hydrogen) atoms. The molecule has 0 fully saturated rings. The molecule has 6 heteroatoms. The third kappa shape index (κ3) is 10.8. The molecule has 0 aliphatic carbocycles. The zero-order chi connectivity index (χ0) is 13.1. The minimum atomic E-state index is -0.208. The molecular weight excluding hydrogens is 220 g/mol. The van der Waals surface area contributed by atoms with Crippen LogP contribution in [0.25, 0.3) is 0 Å². The Bertz CT molecular complexity index is 264. The average Bonchev–Trinajstić information content (AvgIpc) is 2.29. The van der Waals surface area contributed by atoms with Crippen LogP contribution in [0.4, 0.5) is 0 Å². The molecule has 2 amide bonds. The fraction of sp³-hybridized carbons (Fsp3) is 0.727. The molecule has 0 heterocycles. The molecule has 0 unspecified atom stereocenters. The number of rotatable bonds is 8. The molecule has 0 spiro atoms. The van der Waals surface area contributed by atoms with Crippen LogP contribution < -0.4 is 16.7 Å². The zero-order valence-corrected chi connectivity index (χ0v) is 10.5. The molecule has 0 aromatic heterocycles. The van der Waals surface area contributed by atoms with E-state index in [0.717, 1.165) is 6.42 Å². The predicted octanol–water partition coefficient (Wildman–Crippen LogP) is 0.685. The van der Waals surface area contributed by atoms with Gasteiger partial charge in [0.15, 0.2) is 0 Å². The first kappa shape index (κ1) is 15.6. The topological polar surface area (TPSA) is 96.6 Å². The van der Waals surface area contributed by atoms with Crippen LogP contribution in [-0.2, 0) is 9.59 Å². The molecule has 98 valence electrons. The van der Waals surface area contributed by atoms with E-state index in [2.05, 4.69) is 24.4 Å². The molecule has 6 nitrogen and oxygen atoms in total. The lowest BCUT2D eigenvalue weighted by Crippen LogP contribution is -2.29. The van der Waals surface area contributed by atoms with Crippen molar-refractivity contribution < 1.29 is 9.59 Å². The number of nitrogens with two attached hydrogens (primary N) is 1. The van der Waals surface area contributed by atoms with E-state index in [9.17, 15) is 9.59 Å². The van der Waals surface area contributed by atoms with Crippen LogP contribution in [0.2, 0.25) is 0 Å². The standard InChI is InChI=1S/C11H22N4O2/c1-9(2)7-8-13-15-11(17)6-4-3-5-10(16)14-12/h8-9H,3-7,12H2,1-2H3,(H,14,16)(H,15,17)/b13-8+. The van der Waals surface area contributed by atoms with Crippen molar-refractivity contribution in [3.63, 3.8) is 0 Å². The number of hydrogen-bond donors (Lipinski definition) is 3. The molecule has 0 aliphatic rings. The zero-order valence-electron chi connectivity index (χ0n) is 10.5. The normalized spacial score (nSPS) is 10.8. The monoisotopic (exact) mass is 242 g/mol. The highest BCUT2D eigenvalue weighted by Crippen LogP contribution is 1.99. The van der Waals surface area contributed by atoms with Crippen LogP contribution in [0.3, 0.4) is 0 Å². The fourth-order valence-corrected chi connectivity index (χ4v) is 1.08. The van der Waals surface area contributed by atoms with E-state index in [1.165, 1.54) is 0 Å². The van der Waals surface area contributed by atoms with Crippen molar-refractivity contribution in [3.8, 4) is 0 Å². The first-order valence-corrected chi connectivity index (χ1v) is 5.86. The number of carbonyl (C=O) groups excluding carboxylic acids is 2. The van der Waals surface area contributed by atoms with Gasteiger partial charge in [-0.25, -0.2) is 11.3 Å².